The van der Waals surface area contributed by atoms with Gasteiger partial charge >= 0.3 is 0 Å². The Morgan fingerprint density at radius 2 is 2.00 bits per heavy atom. The molecule has 0 aliphatic carbocycles. The van der Waals surface area contributed by atoms with Crippen LogP contribution in [0.15, 0.2) is 41.0 Å². The molecule has 0 unspecified atom stereocenters. The van der Waals surface area contributed by atoms with Gasteiger partial charge in [-0.25, -0.2) is 4.98 Å². The number of hydrogen-bond acceptors (Lipinski definition) is 4. The van der Waals surface area contributed by atoms with Crippen molar-refractivity contribution in [3.8, 4) is 17.4 Å². The van der Waals surface area contributed by atoms with Crippen LogP contribution in [0.2, 0.25) is 0 Å². The van der Waals surface area contributed by atoms with E-state index in [1.54, 1.807) is 12.3 Å². The van der Waals surface area contributed by atoms with E-state index in [0.717, 1.165) is 0 Å². The molecular weight excluding hydrogens is 296 g/mol. The van der Waals surface area contributed by atoms with Crippen molar-refractivity contribution in [3.05, 3.63) is 41.0 Å². The molecule has 0 fully saturated rings. The van der Waals surface area contributed by atoms with Crippen LogP contribution in [-0.4, -0.2) is 11.6 Å². The van der Waals surface area contributed by atoms with E-state index in [1.165, 1.54) is 0 Å². The van der Waals surface area contributed by atoms with E-state index in [-0.39, 0.29) is 0 Å². The number of rotatable bonds is 4. The number of nitrogens with two attached hydrogens (primary N) is 1. The quantitative estimate of drug-likeness (QED) is 0.937. The van der Waals surface area contributed by atoms with Gasteiger partial charge < -0.3 is 15.2 Å². The highest BCUT2D eigenvalue weighted by Crippen LogP contribution is 2.34. The van der Waals surface area contributed by atoms with Crippen molar-refractivity contribution >= 4 is 21.6 Å². The van der Waals surface area contributed by atoms with Gasteiger partial charge in [0.15, 0.2) is 11.5 Å². The molecule has 18 heavy (non-hydrogen) atoms. The highest BCUT2D eigenvalue weighted by atomic mass is 79.9. The lowest BCUT2D eigenvalue weighted by Crippen LogP contribution is -1.96. The van der Waals surface area contributed by atoms with E-state index in [0.29, 0.717) is 34.1 Å². The Morgan fingerprint density at radius 3 is 2.67 bits per heavy atom. The maximum Gasteiger partial charge on any atom is 0.233 e. The van der Waals surface area contributed by atoms with Crippen molar-refractivity contribution in [3.63, 3.8) is 0 Å². The van der Waals surface area contributed by atoms with Crippen LogP contribution in [0.3, 0.4) is 0 Å². The first-order valence-corrected chi connectivity index (χ1v) is 6.30. The summed E-state index contributed by atoms with van der Waals surface area (Å²) in [7, 11) is 0. The van der Waals surface area contributed by atoms with Crippen LogP contribution in [-0.2, 0) is 0 Å². The van der Waals surface area contributed by atoms with Crippen molar-refractivity contribution in [1.82, 2.24) is 4.98 Å². The van der Waals surface area contributed by atoms with Gasteiger partial charge in [0.1, 0.15) is 0 Å². The number of hydrogen-bond donors (Lipinski definition) is 1. The monoisotopic (exact) mass is 308 g/mol. The first-order chi connectivity index (χ1) is 8.70. The molecule has 2 rings (SSSR count). The molecule has 2 aromatic rings. The molecule has 0 amide bonds. The average Bonchev–Trinajstić information content (AvgIpc) is 2.35. The van der Waals surface area contributed by atoms with Crippen LogP contribution in [0, 0.1) is 0 Å². The van der Waals surface area contributed by atoms with Gasteiger partial charge in [-0.3, -0.25) is 0 Å². The Kier molecular flexibility index (Phi) is 4.04. The molecule has 0 atom stereocenters. The summed E-state index contributed by atoms with van der Waals surface area (Å²) in [5, 5.41) is 0. The third-order valence-electron chi connectivity index (χ3n) is 2.18. The fourth-order valence-electron chi connectivity index (χ4n) is 1.43. The van der Waals surface area contributed by atoms with Crippen molar-refractivity contribution in [2.45, 2.75) is 6.92 Å². The Morgan fingerprint density at radius 1 is 1.28 bits per heavy atom. The van der Waals surface area contributed by atoms with E-state index in [2.05, 4.69) is 20.9 Å². The molecule has 0 saturated carbocycles. The highest BCUT2D eigenvalue weighted by molar-refractivity contribution is 9.10. The topological polar surface area (TPSA) is 57.4 Å². The van der Waals surface area contributed by atoms with Crippen LogP contribution in [0.5, 0.6) is 17.4 Å². The predicted octanol–water partition coefficient (Wildman–Crippen LogP) is 3.62. The Hall–Kier alpha value is -1.75. The third-order valence-corrected chi connectivity index (χ3v) is 2.75. The second-order valence-corrected chi connectivity index (χ2v) is 4.39. The van der Waals surface area contributed by atoms with Gasteiger partial charge in [-0.2, -0.15) is 0 Å². The lowest BCUT2D eigenvalue weighted by molar-refractivity contribution is 0.319. The molecule has 1 aromatic carbocycles. The third kappa shape index (κ3) is 2.92. The summed E-state index contributed by atoms with van der Waals surface area (Å²) in [4.78, 5) is 4.12. The fraction of sp³-hybridized carbons (Fsp3) is 0.154. The molecule has 0 saturated heterocycles. The summed E-state index contributed by atoms with van der Waals surface area (Å²) in [6.07, 6.45) is 1.55. The molecule has 0 aliphatic heterocycles. The highest BCUT2D eigenvalue weighted by Gasteiger charge is 2.09. The Balaban J connectivity index is 2.28. The standard InChI is InChI=1S/C13H13BrN2O2/c1-2-17-11-5-3-4-6-12(11)18-13-10(14)7-9(15)8-16-13/h3-8H,2,15H2,1H3. The predicted molar refractivity (Wildman–Crippen MR) is 74.0 cm³/mol. The van der Waals surface area contributed by atoms with Gasteiger partial charge in [0.05, 0.1) is 23.0 Å². The minimum atomic E-state index is 0.455. The van der Waals surface area contributed by atoms with E-state index < -0.39 is 0 Å². The molecule has 1 heterocycles. The number of benzene rings is 1. The zero-order chi connectivity index (χ0) is 13.0. The zero-order valence-corrected chi connectivity index (χ0v) is 11.5. The number of nitrogens with zero attached hydrogens (tertiary/aromatic N) is 1. The van der Waals surface area contributed by atoms with Crippen LogP contribution in [0.25, 0.3) is 0 Å². The van der Waals surface area contributed by atoms with Gasteiger partial charge in [-0.05, 0) is 41.1 Å². The summed E-state index contributed by atoms with van der Waals surface area (Å²) in [6, 6.07) is 9.19. The minimum Gasteiger partial charge on any atom is -0.490 e. The molecule has 1 aromatic heterocycles. The molecule has 0 aliphatic rings. The largest absolute Gasteiger partial charge is 0.490 e. The van der Waals surface area contributed by atoms with Crippen LogP contribution in [0.1, 0.15) is 6.92 Å². The molecule has 0 bridgehead atoms. The second-order valence-electron chi connectivity index (χ2n) is 3.54. The number of ether oxygens (including phenoxy) is 2. The first-order valence-electron chi connectivity index (χ1n) is 5.51. The fourth-order valence-corrected chi connectivity index (χ4v) is 1.88. The van der Waals surface area contributed by atoms with E-state index in [4.69, 9.17) is 15.2 Å². The van der Waals surface area contributed by atoms with Crippen molar-refractivity contribution < 1.29 is 9.47 Å². The molecule has 5 heteroatoms. The lowest BCUT2D eigenvalue weighted by atomic mass is 10.3. The normalized spacial score (nSPS) is 10.1. The first kappa shape index (κ1) is 12.7. The van der Waals surface area contributed by atoms with Crippen LogP contribution >= 0.6 is 15.9 Å². The van der Waals surface area contributed by atoms with Gasteiger partial charge in [0, 0.05) is 0 Å². The number of anilines is 1. The summed E-state index contributed by atoms with van der Waals surface area (Å²) < 4.78 is 11.9. The molecule has 94 valence electrons. The number of para-hydroxylation sites is 2. The average molecular weight is 309 g/mol. The summed E-state index contributed by atoms with van der Waals surface area (Å²) in [6.45, 7) is 2.50. The van der Waals surface area contributed by atoms with Crippen LogP contribution in [0.4, 0.5) is 5.69 Å². The number of aromatic nitrogens is 1. The van der Waals surface area contributed by atoms with Crippen molar-refractivity contribution in [1.29, 1.82) is 0 Å². The number of nitrogen functional groups attached to an aromatic ring is 1. The molecule has 4 nitrogen and oxygen atoms in total. The zero-order valence-electron chi connectivity index (χ0n) is 9.89. The maximum atomic E-state index is 5.71. The Bertz CT molecular complexity index is 546. The van der Waals surface area contributed by atoms with E-state index in [9.17, 15) is 0 Å². The van der Waals surface area contributed by atoms with E-state index >= 15 is 0 Å². The molecular formula is C13H13BrN2O2. The summed E-state index contributed by atoms with van der Waals surface area (Å²) >= 11 is 3.36. The smallest absolute Gasteiger partial charge is 0.233 e. The molecule has 0 spiro atoms. The van der Waals surface area contributed by atoms with Gasteiger partial charge in [-0.1, -0.05) is 12.1 Å². The summed E-state index contributed by atoms with van der Waals surface area (Å²) in [5.41, 5.74) is 6.20. The lowest BCUT2D eigenvalue weighted by Gasteiger charge is -2.11. The number of halogens is 1. The van der Waals surface area contributed by atoms with Gasteiger partial charge in [-0.15, -0.1) is 0 Å². The van der Waals surface area contributed by atoms with Crippen molar-refractivity contribution in [2.24, 2.45) is 0 Å². The maximum absolute atomic E-state index is 5.71. The Labute approximate surface area is 114 Å². The second kappa shape index (κ2) is 5.73. The van der Waals surface area contributed by atoms with Gasteiger partial charge in [0.2, 0.25) is 5.88 Å². The van der Waals surface area contributed by atoms with Crippen LogP contribution < -0.4 is 15.2 Å². The SMILES string of the molecule is CCOc1ccccc1Oc1ncc(N)cc1Br. The van der Waals surface area contributed by atoms with Crippen molar-refractivity contribution in [2.75, 3.05) is 12.3 Å². The number of pyridine rings is 1. The van der Waals surface area contributed by atoms with E-state index in [1.807, 2.05) is 31.2 Å². The summed E-state index contributed by atoms with van der Waals surface area (Å²) in [5.74, 6) is 1.76. The van der Waals surface area contributed by atoms with Gasteiger partial charge in [0.25, 0.3) is 0 Å². The minimum absolute atomic E-state index is 0.455. The molecule has 0 radical (unpaired) electrons. The molecule has 2 N–H and O–H groups in total.